The van der Waals surface area contributed by atoms with Gasteiger partial charge in [-0.3, -0.25) is 5.84 Å². The molecule has 0 atom stereocenters. The molecular weight excluding hydrogens is 196 g/mol. The molecule has 3 N–H and O–H groups in total. The number of allylic oxidation sites excluding steroid dienone is 3. The van der Waals surface area contributed by atoms with Crippen molar-refractivity contribution in [3.63, 3.8) is 0 Å². The first kappa shape index (κ1) is 20.6. The summed E-state index contributed by atoms with van der Waals surface area (Å²) in [4.78, 5) is 0. The van der Waals surface area contributed by atoms with Gasteiger partial charge in [0.15, 0.2) is 0 Å². The van der Waals surface area contributed by atoms with Gasteiger partial charge in [-0.25, -0.2) is 0 Å². The van der Waals surface area contributed by atoms with Crippen molar-refractivity contribution < 1.29 is 0 Å². The Bertz CT molecular complexity index is 174. The minimum Gasteiger partial charge on any atom is -0.324 e. The van der Waals surface area contributed by atoms with E-state index in [4.69, 9.17) is 5.84 Å². The van der Waals surface area contributed by atoms with Crippen molar-refractivity contribution in [1.82, 2.24) is 5.43 Å². The molecule has 2 heteroatoms. The molecule has 0 amide bonds. The van der Waals surface area contributed by atoms with Crippen LogP contribution in [0.15, 0.2) is 23.9 Å². The van der Waals surface area contributed by atoms with E-state index in [9.17, 15) is 0 Å². The summed E-state index contributed by atoms with van der Waals surface area (Å²) >= 11 is 0. The summed E-state index contributed by atoms with van der Waals surface area (Å²) in [7, 11) is 0. The normalized spacial score (nSPS) is 11.2. The third-order valence-corrected chi connectivity index (χ3v) is 1.45. The van der Waals surface area contributed by atoms with Gasteiger partial charge in [0.2, 0.25) is 0 Å². The van der Waals surface area contributed by atoms with Crippen molar-refractivity contribution in [1.29, 1.82) is 0 Å². The van der Waals surface area contributed by atoms with Gasteiger partial charge < -0.3 is 5.43 Å². The summed E-state index contributed by atoms with van der Waals surface area (Å²) in [6.07, 6.45) is 7.07. The Labute approximate surface area is 103 Å². The average molecular weight is 228 g/mol. The Morgan fingerprint density at radius 2 is 1.56 bits per heavy atom. The fourth-order valence-electron chi connectivity index (χ4n) is 0.771. The average Bonchev–Trinajstić information content (AvgIpc) is 2.28. The van der Waals surface area contributed by atoms with Crippen molar-refractivity contribution in [3.8, 4) is 0 Å². The molecule has 0 saturated heterocycles. The van der Waals surface area contributed by atoms with Crippen LogP contribution < -0.4 is 11.3 Å². The second kappa shape index (κ2) is 14.2. The highest BCUT2D eigenvalue weighted by Gasteiger charge is 2.07. The highest BCUT2D eigenvalue weighted by molar-refractivity contribution is 5.15. The van der Waals surface area contributed by atoms with E-state index in [-0.39, 0.29) is 0 Å². The molecule has 0 aromatic carbocycles. The Balaban J connectivity index is -0.000000376. The maximum atomic E-state index is 5.32. The Morgan fingerprint density at radius 3 is 1.81 bits per heavy atom. The second-order valence-corrected chi connectivity index (χ2v) is 4.07. The van der Waals surface area contributed by atoms with Crippen LogP contribution in [-0.4, -0.2) is 0 Å². The predicted octanol–water partition coefficient (Wildman–Crippen LogP) is 4.40. The summed E-state index contributed by atoms with van der Waals surface area (Å²) in [5, 5.41) is 0. The number of hydrazine groups is 1. The van der Waals surface area contributed by atoms with Gasteiger partial charge in [0.1, 0.15) is 0 Å². The molecule has 0 saturated carbocycles. The molecule has 0 aromatic heterocycles. The molecule has 0 spiro atoms. The van der Waals surface area contributed by atoms with Crippen LogP contribution in [0, 0.1) is 5.41 Å². The van der Waals surface area contributed by atoms with E-state index in [1.807, 2.05) is 46.8 Å². The van der Waals surface area contributed by atoms with Crippen LogP contribution >= 0.6 is 0 Å². The fraction of sp³-hybridized carbons (Fsp3) is 0.714. The van der Waals surface area contributed by atoms with E-state index in [0.717, 1.165) is 12.1 Å². The SMILES string of the molecule is C/C=C\C(=C/CC(C)(C)C)NN.CC.CC. The zero-order valence-electron chi connectivity index (χ0n) is 12.5. The quantitative estimate of drug-likeness (QED) is 0.427. The van der Waals surface area contributed by atoms with Gasteiger partial charge in [-0.15, -0.1) is 0 Å². The highest BCUT2D eigenvalue weighted by atomic mass is 15.2. The lowest BCUT2D eigenvalue weighted by molar-refractivity contribution is 0.419. The number of nitrogens with one attached hydrogen (secondary N) is 1. The molecule has 16 heavy (non-hydrogen) atoms. The zero-order chi connectivity index (χ0) is 13.6. The zero-order valence-corrected chi connectivity index (χ0v) is 12.5. The molecule has 0 aliphatic carbocycles. The van der Waals surface area contributed by atoms with Crippen LogP contribution in [0.5, 0.6) is 0 Å². The molecule has 0 aromatic rings. The molecule has 0 unspecified atom stereocenters. The lowest BCUT2D eigenvalue weighted by Gasteiger charge is -2.15. The van der Waals surface area contributed by atoms with Crippen molar-refractivity contribution in [2.75, 3.05) is 0 Å². The summed E-state index contributed by atoms with van der Waals surface area (Å²) in [5.74, 6) is 5.32. The number of hydrogen-bond donors (Lipinski definition) is 2. The van der Waals surface area contributed by atoms with Gasteiger partial charge in [-0.05, 0) is 24.8 Å². The first-order valence-corrected chi connectivity index (χ1v) is 6.29. The molecule has 0 heterocycles. The maximum absolute atomic E-state index is 5.32. The van der Waals surface area contributed by atoms with E-state index < -0.39 is 0 Å². The Morgan fingerprint density at radius 1 is 1.12 bits per heavy atom. The maximum Gasteiger partial charge on any atom is 0.0442 e. The summed E-state index contributed by atoms with van der Waals surface area (Å²) in [6, 6.07) is 0. The van der Waals surface area contributed by atoms with Crippen LogP contribution in [0.4, 0.5) is 0 Å². The Hall–Kier alpha value is -0.760. The van der Waals surface area contributed by atoms with Crippen molar-refractivity contribution >= 4 is 0 Å². The molecule has 0 bridgehead atoms. The van der Waals surface area contributed by atoms with Gasteiger partial charge in [-0.1, -0.05) is 60.6 Å². The van der Waals surface area contributed by atoms with Crippen molar-refractivity contribution in [2.24, 2.45) is 11.3 Å². The van der Waals surface area contributed by atoms with Crippen molar-refractivity contribution in [2.45, 2.75) is 61.8 Å². The largest absolute Gasteiger partial charge is 0.324 e. The smallest absolute Gasteiger partial charge is 0.0442 e. The van der Waals surface area contributed by atoms with Crippen LogP contribution in [0.2, 0.25) is 0 Å². The van der Waals surface area contributed by atoms with Crippen LogP contribution in [-0.2, 0) is 0 Å². The van der Waals surface area contributed by atoms with Crippen LogP contribution in [0.25, 0.3) is 0 Å². The standard InChI is InChI=1S/C10H20N2.2C2H6/c1-5-6-9(12-11)7-8-10(2,3)4;2*1-2/h5-7,12H,8,11H2,1-4H3;2*1-2H3/b6-5-,9-7+;;. The van der Waals surface area contributed by atoms with Gasteiger partial charge in [0, 0.05) is 5.70 Å². The number of rotatable bonds is 3. The second-order valence-electron chi connectivity index (χ2n) is 4.07. The number of nitrogens with two attached hydrogens (primary N) is 1. The van der Waals surface area contributed by atoms with Gasteiger partial charge in [0.05, 0.1) is 0 Å². The molecular formula is C14H32N2. The van der Waals surface area contributed by atoms with Gasteiger partial charge in [0.25, 0.3) is 0 Å². The van der Waals surface area contributed by atoms with Crippen molar-refractivity contribution in [3.05, 3.63) is 23.9 Å². The van der Waals surface area contributed by atoms with E-state index in [2.05, 4.69) is 32.3 Å². The highest BCUT2D eigenvalue weighted by Crippen LogP contribution is 2.19. The Kier molecular flexibility index (Phi) is 18.4. The summed E-state index contributed by atoms with van der Waals surface area (Å²) < 4.78 is 0. The summed E-state index contributed by atoms with van der Waals surface area (Å²) in [5.41, 5.74) is 3.95. The van der Waals surface area contributed by atoms with E-state index >= 15 is 0 Å². The van der Waals surface area contributed by atoms with Crippen LogP contribution in [0.1, 0.15) is 61.8 Å². The lowest BCUT2D eigenvalue weighted by Crippen LogP contribution is -2.20. The lowest BCUT2D eigenvalue weighted by atomic mass is 9.92. The monoisotopic (exact) mass is 228 g/mol. The molecule has 0 aliphatic heterocycles. The van der Waals surface area contributed by atoms with E-state index in [0.29, 0.717) is 5.41 Å². The summed E-state index contributed by atoms with van der Waals surface area (Å²) in [6.45, 7) is 16.6. The predicted molar refractivity (Wildman–Crippen MR) is 77.0 cm³/mol. The molecule has 2 nitrogen and oxygen atoms in total. The number of hydrogen-bond acceptors (Lipinski definition) is 2. The molecule has 0 radical (unpaired) electrons. The molecule has 98 valence electrons. The van der Waals surface area contributed by atoms with Gasteiger partial charge >= 0.3 is 0 Å². The van der Waals surface area contributed by atoms with E-state index in [1.54, 1.807) is 0 Å². The third kappa shape index (κ3) is 18.9. The van der Waals surface area contributed by atoms with Crippen LogP contribution in [0.3, 0.4) is 0 Å². The molecule has 0 aliphatic rings. The third-order valence-electron chi connectivity index (χ3n) is 1.45. The molecule has 0 fully saturated rings. The van der Waals surface area contributed by atoms with E-state index in [1.165, 1.54) is 0 Å². The minimum atomic E-state index is 0.323. The fourth-order valence-corrected chi connectivity index (χ4v) is 0.771. The first-order chi connectivity index (χ1) is 7.49. The first-order valence-electron chi connectivity index (χ1n) is 6.29. The topological polar surface area (TPSA) is 38.0 Å². The molecule has 0 rings (SSSR count). The van der Waals surface area contributed by atoms with Gasteiger partial charge in [-0.2, -0.15) is 0 Å². The minimum absolute atomic E-state index is 0.323.